The number of alkyl carbamates (subject to hydrolysis) is 1. The molecule has 0 heterocycles. The lowest BCUT2D eigenvalue weighted by molar-refractivity contribution is -0.128. The third-order valence-electron chi connectivity index (χ3n) is 4.12. The van der Waals surface area contributed by atoms with Gasteiger partial charge in [0.2, 0.25) is 5.91 Å². The summed E-state index contributed by atoms with van der Waals surface area (Å²) in [4.78, 5) is 36.6. The molecule has 0 aromatic heterocycles. The Bertz CT molecular complexity index is 784. The van der Waals surface area contributed by atoms with Crippen LogP contribution in [0.1, 0.15) is 56.1 Å². The molecule has 4 N–H and O–H groups in total. The van der Waals surface area contributed by atoms with Crippen LogP contribution < -0.4 is 16.4 Å². The van der Waals surface area contributed by atoms with Crippen LogP contribution in [0.5, 0.6) is 0 Å². The molecule has 0 aliphatic carbocycles. The molecule has 7 nitrogen and oxygen atoms in total. The van der Waals surface area contributed by atoms with Crippen molar-refractivity contribution in [2.75, 3.05) is 13.5 Å². The maximum atomic E-state index is 12.8. The van der Waals surface area contributed by atoms with Gasteiger partial charge < -0.3 is 21.1 Å². The molecule has 1 aromatic carbocycles. The van der Waals surface area contributed by atoms with Crippen LogP contribution in [-0.2, 0) is 20.7 Å². The van der Waals surface area contributed by atoms with Crippen LogP contribution >= 0.6 is 0 Å². The molecule has 0 saturated heterocycles. The predicted octanol–water partition coefficient (Wildman–Crippen LogP) is 2.57. The van der Waals surface area contributed by atoms with E-state index in [1.54, 1.807) is 20.8 Å². The molecular weight excluding hydrogens is 370 g/mol. The van der Waals surface area contributed by atoms with Crippen molar-refractivity contribution in [2.24, 2.45) is 11.7 Å². The zero-order valence-electron chi connectivity index (χ0n) is 20.7. The lowest BCUT2D eigenvalue weighted by atomic mass is 9.90. The lowest BCUT2D eigenvalue weighted by Crippen LogP contribution is -2.38. The number of primary amides is 1. The van der Waals surface area contributed by atoms with Crippen molar-refractivity contribution in [3.05, 3.63) is 35.9 Å². The maximum absolute atomic E-state index is 12.8. The molecule has 0 spiro atoms. The first kappa shape index (κ1) is 19.9. The molecule has 0 unspecified atom stereocenters. The minimum Gasteiger partial charge on any atom is -0.444 e. The van der Waals surface area contributed by atoms with Crippen molar-refractivity contribution < 1.29 is 23.2 Å². The van der Waals surface area contributed by atoms with E-state index in [-0.39, 0.29) is 25.7 Å². The number of amides is 2. The van der Waals surface area contributed by atoms with Crippen LogP contribution in [0.3, 0.4) is 0 Å². The molecule has 0 aliphatic rings. The number of hydrogen-bond acceptors (Lipinski definition) is 5. The Hall–Kier alpha value is -2.41. The van der Waals surface area contributed by atoms with Crippen molar-refractivity contribution in [1.82, 2.24) is 10.6 Å². The van der Waals surface area contributed by atoms with Gasteiger partial charge in [-0.1, -0.05) is 30.3 Å². The first-order chi connectivity index (χ1) is 14.7. The number of ether oxygens (including phenoxy) is 1. The van der Waals surface area contributed by atoms with E-state index in [0.717, 1.165) is 5.56 Å². The second-order valence-electron chi connectivity index (χ2n) is 7.80. The Morgan fingerprint density at radius 3 is 2.41 bits per heavy atom. The third-order valence-corrected chi connectivity index (χ3v) is 4.12. The first-order valence-electron chi connectivity index (χ1n) is 11.2. The average Bonchev–Trinajstić information content (AvgIpc) is 2.65. The van der Waals surface area contributed by atoms with Crippen molar-refractivity contribution in [2.45, 2.75) is 64.5 Å². The van der Waals surface area contributed by atoms with Gasteiger partial charge >= 0.3 is 6.09 Å². The summed E-state index contributed by atoms with van der Waals surface area (Å²) in [6.07, 6.45) is -0.769. The maximum Gasteiger partial charge on any atom is 0.407 e. The molecule has 0 radical (unpaired) electrons. The highest BCUT2D eigenvalue weighted by atomic mass is 16.6. The summed E-state index contributed by atoms with van der Waals surface area (Å²) < 4.78 is 29.5. The van der Waals surface area contributed by atoms with Gasteiger partial charge in [0.25, 0.3) is 0 Å². The number of nitrogens with two attached hydrogens (primary N) is 1. The van der Waals surface area contributed by atoms with Gasteiger partial charge in [-0.3, -0.25) is 9.59 Å². The van der Waals surface area contributed by atoms with E-state index in [2.05, 4.69) is 10.6 Å². The van der Waals surface area contributed by atoms with Crippen LogP contribution in [0.2, 0.25) is 0 Å². The van der Waals surface area contributed by atoms with Crippen LogP contribution in [-0.4, -0.2) is 42.9 Å². The molecule has 2 amide bonds. The van der Waals surface area contributed by atoms with Gasteiger partial charge in [-0.05, 0) is 59.1 Å². The fraction of sp³-hybridized carbons (Fsp3) is 0.591. The number of carbonyl (C=O) groups is 3. The van der Waals surface area contributed by atoms with Gasteiger partial charge in [-0.25, -0.2) is 4.79 Å². The summed E-state index contributed by atoms with van der Waals surface area (Å²) in [6.45, 7) is 2.95. The molecule has 162 valence electrons. The molecule has 0 bridgehead atoms. The van der Waals surface area contributed by atoms with Gasteiger partial charge in [-0.15, -0.1) is 0 Å². The third kappa shape index (κ3) is 10.6. The Balaban J connectivity index is 2.69. The Labute approximate surface area is 178 Å². The van der Waals surface area contributed by atoms with Crippen molar-refractivity contribution in [1.29, 1.82) is 0 Å². The fourth-order valence-corrected chi connectivity index (χ4v) is 2.71. The number of rotatable bonds is 12. The smallest absolute Gasteiger partial charge is 0.407 e. The number of ketones is 1. The van der Waals surface area contributed by atoms with E-state index in [1.165, 1.54) is 7.05 Å². The summed E-state index contributed by atoms with van der Waals surface area (Å²) >= 11 is 0. The summed E-state index contributed by atoms with van der Waals surface area (Å²) in [6, 6.07) is 7.48. The minimum atomic E-state index is -2.07. The Morgan fingerprint density at radius 2 is 1.86 bits per heavy atom. The molecule has 1 rings (SSSR count). The number of Topliss-reactive ketones (excluding diaryl/α,β-unsaturated/α-hetero) is 1. The van der Waals surface area contributed by atoms with Crippen molar-refractivity contribution in [3.63, 3.8) is 0 Å². The second-order valence-corrected chi connectivity index (χ2v) is 7.80. The largest absolute Gasteiger partial charge is 0.444 e. The number of nitrogens with one attached hydrogen (secondary N) is 2. The normalized spacial score (nSPS) is 16.5. The molecular formula is C22H35N3O4. The Morgan fingerprint density at radius 1 is 1.21 bits per heavy atom. The number of hydrogen-bond donors (Lipinski definition) is 3. The molecule has 7 heteroatoms. The minimum absolute atomic E-state index is 0.00530. The SMILES string of the molecule is [2H]C([2H])(CCC[C@]([2H])(NC)C(=O)C[C@@H](Cc1ccccc1)C(N)=O)NC(=O)OC(C)(C)C. The molecule has 0 aliphatic heterocycles. The highest BCUT2D eigenvalue weighted by Gasteiger charge is 2.24. The zero-order valence-corrected chi connectivity index (χ0v) is 17.7. The van der Waals surface area contributed by atoms with Crippen LogP contribution in [0.4, 0.5) is 4.79 Å². The monoisotopic (exact) mass is 408 g/mol. The highest BCUT2D eigenvalue weighted by molar-refractivity contribution is 5.89. The zero-order chi connectivity index (χ0) is 24.6. The quantitative estimate of drug-likeness (QED) is 0.492. The van der Waals surface area contributed by atoms with E-state index in [1.807, 2.05) is 30.3 Å². The van der Waals surface area contributed by atoms with E-state index < -0.39 is 41.8 Å². The highest BCUT2D eigenvalue weighted by Crippen LogP contribution is 2.15. The van der Waals surface area contributed by atoms with Gasteiger partial charge in [0.05, 0.1) is 7.39 Å². The van der Waals surface area contributed by atoms with E-state index in [0.29, 0.717) is 6.42 Å². The van der Waals surface area contributed by atoms with Gasteiger partial charge in [0.15, 0.2) is 5.78 Å². The van der Waals surface area contributed by atoms with Crippen molar-refractivity contribution in [3.8, 4) is 0 Å². The van der Waals surface area contributed by atoms with Crippen LogP contribution in [0.25, 0.3) is 0 Å². The molecule has 1 aromatic rings. The van der Waals surface area contributed by atoms with Crippen molar-refractivity contribution >= 4 is 17.8 Å². The molecule has 2 atom stereocenters. The summed E-state index contributed by atoms with van der Waals surface area (Å²) in [7, 11) is 1.47. The predicted molar refractivity (Wildman–Crippen MR) is 113 cm³/mol. The van der Waals surface area contributed by atoms with Gasteiger partial charge in [0, 0.05) is 21.6 Å². The van der Waals surface area contributed by atoms with Crippen LogP contribution in [0.15, 0.2) is 30.3 Å². The van der Waals surface area contributed by atoms with E-state index >= 15 is 0 Å². The Kier molecular flexibility index (Phi) is 8.38. The van der Waals surface area contributed by atoms with E-state index in [4.69, 9.17) is 14.6 Å². The number of benzene rings is 1. The summed E-state index contributed by atoms with van der Waals surface area (Å²) in [5.74, 6) is -1.86. The standard InChI is InChI=1S/C22H35N3O4/c1-22(2,3)29-21(28)25-13-9-8-12-18(24-4)19(26)15-17(20(23)27)14-16-10-6-5-7-11-16/h5-7,10-11,17-18,24H,8-9,12-15H2,1-4H3,(H2,23,27)(H,25,28)/t17-,18+/m1/s1/i13D2,18D. The van der Waals surface area contributed by atoms with Gasteiger partial charge in [0.1, 0.15) is 5.60 Å². The average molecular weight is 409 g/mol. The summed E-state index contributed by atoms with van der Waals surface area (Å²) in [5, 5.41) is 4.84. The molecule has 29 heavy (non-hydrogen) atoms. The van der Waals surface area contributed by atoms with Crippen LogP contribution in [0, 0.1) is 5.92 Å². The second kappa shape index (κ2) is 12.2. The fourth-order valence-electron chi connectivity index (χ4n) is 2.71. The van der Waals surface area contributed by atoms with E-state index in [9.17, 15) is 14.4 Å². The van der Waals surface area contributed by atoms with Gasteiger partial charge in [-0.2, -0.15) is 0 Å². The molecule has 0 saturated carbocycles. The topological polar surface area (TPSA) is 111 Å². The lowest BCUT2D eigenvalue weighted by Gasteiger charge is -2.20. The number of likely N-dealkylation sites (N-methyl/N-ethyl adjacent to an activating group) is 1. The number of carbonyl (C=O) groups excluding carboxylic acids is 3. The summed E-state index contributed by atoms with van der Waals surface area (Å²) in [5.41, 5.74) is 5.60. The molecule has 0 fully saturated rings. The first-order valence-corrected chi connectivity index (χ1v) is 9.74.